The van der Waals surface area contributed by atoms with Crippen LogP contribution in [-0.2, 0) is 6.54 Å². The van der Waals surface area contributed by atoms with Gasteiger partial charge in [0.1, 0.15) is 16.9 Å². The number of rotatable bonds is 3. The molecule has 0 aromatic carbocycles. The quantitative estimate of drug-likeness (QED) is 0.291. The molecule has 1 unspecified atom stereocenters. The molecular formula is C14H11ClF2IN4Na. The smallest absolute Gasteiger partial charge is 1.00 e. The van der Waals surface area contributed by atoms with Gasteiger partial charge in [-0.3, -0.25) is 4.68 Å². The van der Waals surface area contributed by atoms with Crippen LogP contribution in [0.1, 0.15) is 19.0 Å². The molecule has 0 amide bonds. The van der Waals surface area contributed by atoms with E-state index in [-0.39, 0.29) is 77.3 Å². The van der Waals surface area contributed by atoms with E-state index in [1.165, 1.54) is 4.68 Å². The van der Waals surface area contributed by atoms with Crippen molar-refractivity contribution in [3.8, 4) is 17.2 Å². The van der Waals surface area contributed by atoms with E-state index < -0.39 is 11.3 Å². The number of alkyl halides is 2. The Hall–Kier alpha value is -0.270. The molecule has 2 aromatic heterocycles. The molecule has 0 N–H and O–H groups in total. The SMILES string of the molecule is CC1(Cn2cc(-c3ccc(C#N)nc3Cl)cn2)CC1(F)F.[I-].[Na+]. The van der Waals surface area contributed by atoms with Crippen molar-refractivity contribution < 1.29 is 62.3 Å². The monoisotopic (exact) mass is 458 g/mol. The molecule has 0 saturated heterocycles. The molecule has 1 aliphatic carbocycles. The Morgan fingerprint density at radius 1 is 1.43 bits per heavy atom. The van der Waals surface area contributed by atoms with E-state index in [2.05, 4.69) is 10.1 Å². The Bertz CT molecular complexity index is 761. The Labute approximate surface area is 176 Å². The number of aromatic nitrogens is 3. The fourth-order valence-corrected chi connectivity index (χ4v) is 2.54. The van der Waals surface area contributed by atoms with E-state index in [0.717, 1.165) is 0 Å². The van der Waals surface area contributed by atoms with Crippen molar-refractivity contribution in [1.82, 2.24) is 14.8 Å². The van der Waals surface area contributed by atoms with Crippen molar-refractivity contribution in [2.45, 2.75) is 25.8 Å². The van der Waals surface area contributed by atoms with Crippen molar-refractivity contribution in [1.29, 1.82) is 5.26 Å². The predicted molar refractivity (Wildman–Crippen MR) is 72.9 cm³/mol. The van der Waals surface area contributed by atoms with Crippen LogP contribution in [-0.4, -0.2) is 20.7 Å². The minimum Gasteiger partial charge on any atom is -1.00 e. The van der Waals surface area contributed by atoms with Gasteiger partial charge in [0.15, 0.2) is 0 Å². The van der Waals surface area contributed by atoms with E-state index in [9.17, 15) is 8.78 Å². The Morgan fingerprint density at radius 2 is 2.09 bits per heavy atom. The van der Waals surface area contributed by atoms with Crippen LogP contribution in [0.3, 0.4) is 0 Å². The van der Waals surface area contributed by atoms with Gasteiger partial charge >= 0.3 is 29.6 Å². The fraction of sp³-hybridized carbons (Fsp3) is 0.357. The maximum absolute atomic E-state index is 13.2. The molecule has 2 aromatic rings. The Kier molecular flexibility index (Phi) is 6.61. The summed E-state index contributed by atoms with van der Waals surface area (Å²) in [5.41, 5.74) is 0.503. The molecule has 0 spiro atoms. The molecule has 2 heterocycles. The molecule has 0 aliphatic heterocycles. The molecule has 1 fully saturated rings. The normalized spacial score (nSPS) is 20.8. The second-order valence-corrected chi connectivity index (χ2v) is 5.87. The first-order valence-corrected chi connectivity index (χ1v) is 6.70. The van der Waals surface area contributed by atoms with Crippen LogP contribution in [0, 0.1) is 16.7 Å². The summed E-state index contributed by atoms with van der Waals surface area (Å²) in [5, 5.41) is 13.0. The molecule has 23 heavy (non-hydrogen) atoms. The molecule has 1 atom stereocenters. The third kappa shape index (κ3) is 4.04. The molecule has 9 heteroatoms. The molecule has 116 valence electrons. The number of pyridine rings is 1. The van der Waals surface area contributed by atoms with Gasteiger partial charge in [-0.25, -0.2) is 13.8 Å². The van der Waals surface area contributed by atoms with E-state index >= 15 is 0 Å². The van der Waals surface area contributed by atoms with Crippen LogP contribution in [0.25, 0.3) is 11.1 Å². The zero-order valence-electron chi connectivity index (χ0n) is 12.5. The summed E-state index contributed by atoms with van der Waals surface area (Å²) in [6, 6.07) is 5.12. The first-order chi connectivity index (χ1) is 9.84. The third-order valence-electron chi connectivity index (χ3n) is 3.79. The van der Waals surface area contributed by atoms with Gasteiger partial charge in [0.2, 0.25) is 0 Å². The van der Waals surface area contributed by atoms with Gasteiger partial charge in [0, 0.05) is 23.7 Å². The van der Waals surface area contributed by atoms with E-state index in [0.29, 0.717) is 11.1 Å². The van der Waals surface area contributed by atoms with Crippen molar-refractivity contribution in [2.75, 3.05) is 0 Å². The summed E-state index contributed by atoms with van der Waals surface area (Å²) < 4.78 is 28.0. The van der Waals surface area contributed by atoms with Crippen LogP contribution < -0.4 is 53.5 Å². The molecule has 1 aliphatic rings. The number of hydrogen-bond acceptors (Lipinski definition) is 3. The maximum Gasteiger partial charge on any atom is 1.00 e. The zero-order valence-corrected chi connectivity index (χ0v) is 17.4. The summed E-state index contributed by atoms with van der Waals surface area (Å²) in [6.45, 7) is 1.70. The minimum atomic E-state index is -2.62. The standard InChI is InChI=1S/C14H11ClF2N4.HI.Na/c1-13(7-14(13,16)17)8-21-6-9(5-19-21)11-3-2-10(4-18)20-12(11)15;;/h2-3,5-6H,7-8H2,1H3;1H;/q;;+1/p-1. The van der Waals surface area contributed by atoms with Crippen molar-refractivity contribution in [2.24, 2.45) is 5.41 Å². The zero-order chi connectivity index (χ0) is 15.3. The van der Waals surface area contributed by atoms with Gasteiger partial charge in [-0.05, 0) is 12.1 Å². The molecule has 0 radical (unpaired) electrons. The van der Waals surface area contributed by atoms with Crippen LogP contribution in [0.4, 0.5) is 8.78 Å². The average Bonchev–Trinajstić information content (AvgIpc) is 2.76. The van der Waals surface area contributed by atoms with E-state index in [1.54, 1.807) is 31.5 Å². The van der Waals surface area contributed by atoms with E-state index in [4.69, 9.17) is 16.9 Å². The predicted octanol–water partition coefficient (Wildman–Crippen LogP) is -2.48. The number of halogens is 4. The van der Waals surface area contributed by atoms with Gasteiger partial charge in [-0.1, -0.05) is 18.5 Å². The molecule has 0 bridgehead atoms. The van der Waals surface area contributed by atoms with Gasteiger partial charge in [-0.2, -0.15) is 10.4 Å². The summed E-state index contributed by atoms with van der Waals surface area (Å²) in [5.74, 6) is -2.62. The molecular weight excluding hydrogens is 448 g/mol. The number of hydrogen-bond donors (Lipinski definition) is 0. The van der Waals surface area contributed by atoms with Gasteiger partial charge in [-0.15, -0.1) is 0 Å². The second kappa shape index (κ2) is 7.31. The van der Waals surface area contributed by atoms with Gasteiger partial charge in [0.25, 0.3) is 5.92 Å². The van der Waals surface area contributed by atoms with Gasteiger partial charge in [0.05, 0.1) is 18.2 Å². The Balaban J connectivity index is 0.00000132. The first kappa shape index (κ1) is 20.8. The summed E-state index contributed by atoms with van der Waals surface area (Å²) in [7, 11) is 0. The molecule has 4 nitrogen and oxygen atoms in total. The van der Waals surface area contributed by atoms with Crippen molar-refractivity contribution >= 4 is 11.6 Å². The third-order valence-corrected chi connectivity index (χ3v) is 4.08. The molecule has 3 rings (SSSR count). The summed E-state index contributed by atoms with van der Waals surface area (Å²) in [6.07, 6.45) is 3.10. The summed E-state index contributed by atoms with van der Waals surface area (Å²) >= 11 is 6.02. The van der Waals surface area contributed by atoms with Crippen LogP contribution in [0.5, 0.6) is 0 Å². The Morgan fingerprint density at radius 3 is 2.61 bits per heavy atom. The number of nitrogens with zero attached hydrogens (tertiary/aromatic N) is 4. The van der Waals surface area contributed by atoms with Crippen LogP contribution in [0.15, 0.2) is 24.5 Å². The van der Waals surface area contributed by atoms with Gasteiger partial charge < -0.3 is 24.0 Å². The second-order valence-electron chi connectivity index (χ2n) is 5.52. The fourth-order valence-electron chi connectivity index (χ4n) is 2.28. The van der Waals surface area contributed by atoms with E-state index in [1.807, 2.05) is 6.07 Å². The van der Waals surface area contributed by atoms with Crippen molar-refractivity contribution in [3.63, 3.8) is 0 Å². The van der Waals surface area contributed by atoms with Crippen LogP contribution in [0.2, 0.25) is 5.15 Å². The first-order valence-electron chi connectivity index (χ1n) is 6.32. The molecule has 1 saturated carbocycles. The maximum atomic E-state index is 13.2. The summed E-state index contributed by atoms with van der Waals surface area (Å²) in [4.78, 5) is 3.93. The number of nitriles is 1. The van der Waals surface area contributed by atoms with Crippen molar-refractivity contribution in [3.05, 3.63) is 35.4 Å². The largest absolute Gasteiger partial charge is 1.00 e. The minimum absolute atomic E-state index is 0. The van der Waals surface area contributed by atoms with Crippen LogP contribution >= 0.6 is 11.6 Å². The topological polar surface area (TPSA) is 54.5 Å². The average molecular weight is 459 g/mol.